The second-order valence-corrected chi connectivity index (χ2v) is 6.51. The normalized spacial score (nSPS) is 18.2. The van der Waals surface area contributed by atoms with Crippen LogP contribution in [0.5, 0.6) is 0 Å². The molecule has 0 radical (unpaired) electrons. The summed E-state index contributed by atoms with van der Waals surface area (Å²) >= 11 is 0. The van der Waals surface area contributed by atoms with Crippen molar-refractivity contribution in [3.8, 4) is 0 Å². The van der Waals surface area contributed by atoms with Crippen LogP contribution < -0.4 is 0 Å². The van der Waals surface area contributed by atoms with Crippen LogP contribution in [0.25, 0.3) is 10.9 Å². The van der Waals surface area contributed by atoms with Gasteiger partial charge in [0.15, 0.2) is 0 Å². The topological polar surface area (TPSA) is 53.9 Å². The van der Waals surface area contributed by atoms with Crippen molar-refractivity contribution in [3.05, 3.63) is 54.2 Å². The Bertz CT molecular complexity index is 830. The van der Waals surface area contributed by atoms with Gasteiger partial charge < -0.3 is 14.5 Å². The first-order valence-corrected chi connectivity index (χ1v) is 8.57. The molecule has 1 aliphatic heterocycles. The highest BCUT2D eigenvalue weighted by atomic mass is 16.2. The van der Waals surface area contributed by atoms with Crippen LogP contribution in [0, 0.1) is 6.92 Å². The van der Waals surface area contributed by atoms with Crippen LogP contribution in [0.4, 0.5) is 0 Å². The molecule has 0 spiro atoms. The number of aromatic amines is 1. The number of piperidine rings is 1. The molecule has 1 aromatic carbocycles. The molecule has 3 heterocycles. The van der Waals surface area contributed by atoms with Gasteiger partial charge in [0.05, 0.1) is 6.04 Å². The van der Waals surface area contributed by atoms with Crippen molar-refractivity contribution in [2.24, 2.45) is 0 Å². The van der Waals surface area contributed by atoms with Gasteiger partial charge in [-0.3, -0.25) is 4.79 Å². The lowest BCUT2D eigenvalue weighted by Crippen LogP contribution is -2.40. The van der Waals surface area contributed by atoms with E-state index < -0.39 is 0 Å². The molecule has 1 saturated heterocycles. The third-order valence-corrected chi connectivity index (χ3v) is 4.96. The van der Waals surface area contributed by atoms with Gasteiger partial charge in [-0.15, -0.1) is 0 Å². The zero-order chi connectivity index (χ0) is 16.5. The van der Waals surface area contributed by atoms with Crippen LogP contribution in [-0.2, 0) is 11.3 Å². The molecule has 0 saturated carbocycles. The van der Waals surface area contributed by atoms with Gasteiger partial charge in [-0.05, 0) is 43.7 Å². The lowest BCUT2D eigenvalue weighted by atomic mass is 9.99. The molecular formula is C19H22N4O. The summed E-state index contributed by atoms with van der Waals surface area (Å²) < 4.78 is 1.92. The number of benzene rings is 1. The fourth-order valence-corrected chi connectivity index (χ4v) is 3.64. The molecule has 1 amide bonds. The molecule has 1 fully saturated rings. The number of aryl methyl sites for hydroxylation is 1. The number of hydrogen-bond donors (Lipinski definition) is 1. The van der Waals surface area contributed by atoms with E-state index in [1.165, 1.54) is 5.39 Å². The van der Waals surface area contributed by atoms with Crippen LogP contribution in [0.3, 0.4) is 0 Å². The zero-order valence-corrected chi connectivity index (χ0v) is 13.9. The predicted octanol–water partition coefficient (Wildman–Crippen LogP) is 3.43. The number of carbonyl (C=O) groups excluding carboxylic acids is 1. The Kier molecular flexibility index (Phi) is 3.84. The van der Waals surface area contributed by atoms with E-state index in [9.17, 15) is 4.79 Å². The minimum absolute atomic E-state index is 0.141. The number of rotatable bonds is 3. The fourth-order valence-electron chi connectivity index (χ4n) is 3.64. The number of likely N-dealkylation sites (tertiary alicyclic amines) is 1. The molecule has 4 rings (SSSR count). The van der Waals surface area contributed by atoms with Gasteiger partial charge in [0.1, 0.15) is 12.4 Å². The van der Waals surface area contributed by atoms with Gasteiger partial charge in [-0.25, -0.2) is 4.98 Å². The van der Waals surface area contributed by atoms with Gasteiger partial charge >= 0.3 is 0 Å². The molecule has 1 aliphatic rings. The number of para-hydroxylation sites is 1. The molecule has 1 atom stereocenters. The monoisotopic (exact) mass is 322 g/mol. The SMILES string of the molecule is Cc1nccn1CC(=O)N1CCCCC1c1cc2ccccc2[nH]1. The molecule has 1 unspecified atom stereocenters. The Morgan fingerprint density at radius 1 is 1.33 bits per heavy atom. The molecule has 5 nitrogen and oxygen atoms in total. The van der Waals surface area contributed by atoms with E-state index in [2.05, 4.69) is 28.2 Å². The third-order valence-electron chi connectivity index (χ3n) is 4.96. The van der Waals surface area contributed by atoms with Gasteiger partial charge in [-0.2, -0.15) is 0 Å². The van der Waals surface area contributed by atoms with Gasteiger partial charge in [-0.1, -0.05) is 18.2 Å². The second-order valence-electron chi connectivity index (χ2n) is 6.51. The highest BCUT2D eigenvalue weighted by Crippen LogP contribution is 2.32. The Balaban J connectivity index is 1.60. The molecule has 0 aliphatic carbocycles. The van der Waals surface area contributed by atoms with Crippen LogP contribution in [-0.4, -0.2) is 31.9 Å². The number of fused-ring (bicyclic) bond motifs is 1. The van der Waals surface area contributed by atoms with Crippen LogP contribution in [0.15, 0.2) is 42.7 Å². The molecule has 0 bridgehead atoms. The second kappa shape index (κ2) is 6.15. The fraction of sp³-hybridized carbons (Fsp3) is 0.368. The summed E-state index contributed by atoms with van der Waals surface area (Å²) in [5.41, 5.74) is 2.28. The van der Waals surface area contributed by atoms with E-state index >= 15 is 0 Å². The Morgan fingerprint density at radius 2 is 2.21 bits per heavy atom. The number of aromatic nitrogens is 3. The minimum atomic E-state index is 0.141. The van der Waals surface area contributed by atoms with E-state index in [0.717, 1.165) is 42.8 Å². The maximum atomic E-state index is 12.9. The highest BCUT2D eigenvalue weighted by molar-refractivity contribution is 5.81. The third kappa shape index (κ3) is 2.70. The first-order valence-electron chi connectivity index (χ1n) is 8.57. The Labute approximate surface area is 141 Å². The van der Waals surface area contributed by atoms with Crippen LogP contribution in [0.2, 0.25) is 0 Å². The van der Waals surface area contributed by atoms with Crippen LogP contribution >= 0.6 is 0 Å². The quantitative estimate of drug-likeness (QED) is 0.803. The summed E-state index contributed by atoms with van der Waals surface area (Å²) in [4.78, 5) is 22.6. The lowest BCUT2D eigenvalue weighted by molar-refractivity contribution is -0.135. The number of nitrogens with one attached hydrogen (secondary N) is 1. The Hall–Kier alpha value is -2.56. The molecule has 1 N–H and O–H groups in total. The standard InChI is InChI=1S/C19H22N4O/c1-14-20-9-11-22(14)13-19(24)23-10-5-4-8-18(23)17-12-15-6-2-3-7-16(15)21-17/h2-3,6-7,9,11-12,18,21H,4-5,8,10,13H2,1H3. The lowest BCUT2D eigenvalue weighted by Gasteiger charge is -2.35. The summed E-state index contributed by atoms with van der Waals surface area (Å²) in [7, 11) is 0. The summed E-state index contributed by atoms with van der Waals surface area (Å²) in [5.74, 6) is 1.04. The molecule has 3 aromatic rings. The predicted molar refractivity (Wildman–Crippen MR) is 93.6 cm³/mol. The molecule has 5 heteroatoms. The Morgan fingerprint density at radius 3 is 3.00 bits per heavy atom. The van der Waals surface area contributed by atoms with Gasteiger partial charge in [0.2, 0.25) is 5.91 Å². The summed E-state index contributed by atoms with van der Waals surface area (Å²) in [5, 5.41) is 1.20. The van der Waals surface area contributed by atoms with Crippen molar-refractivity contribution in [3.63, 3.8) is 0 Å². The average Bonchev–Trinajstić information content (AvgIpc) is 3.21. The van der Waals surface area contributed by atoms with Crippen molar-refractivity contribution < 1.29 is 4.79 Å². The smallest absolute Gasteiger partial charge is 0.243 e. The van der Waals surface area contributed by atoms with E-state index in [-0.39, 0.29) is 11.9 Å². The van der Waals surface area contributed by atoms with Crippen LogP contribution in [0.1, 0.15) is 36.8 Å². The summed E-state index contributed by atoms with van der Waals surface area (Å²) in [6.07, 6.45) is 6.86. The maximum absolute atomic E-state index is 12.9. The van der Waals surface area contributed by atoms with E-state index in [4.69, 9.17) is 0 Å². The van der Waals surface area contributed by atoms with Gasteiger partial charge in [0, 0.05) is 30.1 Å². The van der Waals surface area contributed by atoms with Crippen molar-refractivity contribution in [2.45, 2.75) is 38.8 Å². The number of H-pyrrole nitrogens is 1. The molecular weight excluding hydrogens is 300 g/mol. The number of nitrogens with zero attached hydrogens (tertiary/aromatic N) is 3. The number of hydrogen-bond acceptors (Lipinski definition) is 2. The number of imidazole rings is 1. The number of amides is 1. The van der Waals surface area contributed by atoms with Crippen molar-refractivity contribution in [1.82, 2.24) is 19.4 Å². The van der Waals surface area contributed by atoms with Crippen molar-refractivity contribution in [2.75, 3.05) is 6.54 Å². The van der Waals surface area contributed by atoms with Gasteiger partial charge in [0.25, 0.3) is 0 Å². The largest absolute Gasteiger partial charge is 0.357 e. The van der Waals surface area contributed by atoms with Crippen molar-refractivity contribution in [1.29, 1.82) is 0 Å². The molecule has 2 aromatic heterocycles. The average molecular weight is 322 g/mol. The molecule has 24 heavy (non-hydrogen) atoms. The van der Waals surface area contributed by atoms with Crippen molar-refractivity contribution >= 4 is 16.8 Å². The molecule has 124 valence electrons. The number of carbonyl (C=O) groups is 1. The van der Waals surface area contributed by atoms with E-state index in [0.29, 0.717) is 6.54 Å². The minimum Gasteiger partial charge on any atom is -0.357 e. The van der Waals surface area contributed by atoms with E-state index in [1.807, 2.05) is 34.7 Å². The van der Waals surface area contributed by atoms with E-state index in [1.54, 1.807) is 6.20 Å². The highest BCUT2D eigenvalue weighted by Gasteiger charge is 2.29. The first kappa shape index (κ1) is 15.0. The zero-order valence-electron chi connectivity index (χ0n) is 13.9. The maximum Gasteiger partial charge on any atom is 0.243 e. The first-order chi connectivity index (χ1) is 11.7. The summed E-state index contributed by atoms with van der Waals surface area (Å²) in [6.45, 7) is 3.12. The summed E-state index contributed by atoms with van der Waals surface area (Å²) in [6, 6.07) is 10.6.